The van der Waals surface area contributed by atoms with Gasteiger partial charge in [0.1, 0.15) is 12.4 Å². The van der Waals surface area contributed by atoms with Crippen molar-refractivity contribution in [3.63, 3.8) is 0 Å². The molecule has 0 spiro atoms. The summed E-state index contributed by atoms with van der Waals surface area (Å²) in [4.78, 5) is 15.7. The van der Waals surface area contributed by atoms with E-state index < -0.39 is 0 Å². The number of carbonyl (C=O) groups is 1. The highest BCUT2D eigenvalue weighted by atomic mass is 16.5. The first-order valence-corrected chi connectivity index (χ1v) is 6.93. The van der Waals surface area contributed by atoms with Crippen LogP contribution in [0.15, 0.2) is 18.2 Å². The van der Waals surface area contributed by atoms with Crippen molar-refractivity contribution in [2.24, 2.45) is 0 Å². The lowest BCUT2D eigenvalue weighted by Crippen LogP contribution is -2.26. The molecule has 1 fully saturated rings. The molecule has 110 valence electrons. The van der Waals surface area contributed by atoms with Crippen molar-refractivity contribution in [1.82, 2.24) is 9.80 Å². The first-order valence-electron chi connectivity index (χ1n) is 6.93. The van der Waals surface area contributed by atoms with E-state index in [1.807, 2.05) is 0 Å². The van der Waals surface area contributed by atoms with Gasteiger partial charge in [-0.1, -0.05) is 0 Å². The van der Waals surface area contributed by atoms with Crippen molar-refractivity contribution < 1.29 is 9.53 Å². The van der Waals surface area contributed by atoms with Gasteiger partial charge in [0.05, 0.1) is 5.69 Å². The quantitative estimate of drug-likeness (QED) is 0.799. The highest BCUT2D eigenvalue weighted by Gasteiger charge is 2.25. The molecule has 0 radical (unpaired) electrons. The largest absolute Gasteiger partial charge is 0.490 e. The van der Waals surface area contributed by atoms with Crippen molar-refractivity contribution in [3.05, 3.63) is 23.8 Å². The van der Waals surface area contributed by atoms with Crippen LogP contribution in [0.3, 0.4) is 0 Å². The van der Waals surface area contributed by atoms with E-state index in [0.717, 1.165) is 12.6 Å². The third-order valence-electron chi connectivity index (χ3n) is 3.54. The van der Waals surface area contributed by atoms with Crippen LogP contribution < -0.4 is 10.5 Å². The van der Waals surface area contributed by atoms with Gasteiger partial charge in [0, 0.05) is 32.2 Å². The molecule has 0 aromatic heterocycles. The number of ether oxygens (including phenoxy) is 1. The van der Waals surface area contributed by atoms with E-state index >= 15 is 0 Å². The van der Waals surface area contributed by atoms with Gasteiger partial charge in [-0.25, -0.2) is 0 Å². The summed E-state index contributed by atoms with van der Waals surface area (Å²) < 4.78 is 5.72. The molecule has 2 rings (SSSR count). The van der Waals surface area contributed by atoms with Gasteiger partial charge in [-0.15, -0.1) is 0 Å². The average Bonchev–Trinajstić information content (AvgIpc) is 3.24. The molecule has 0 heterocycles. The Labute approximate surface area is 120 Å². The fraction of sp³-hybridized carbons (Fsp3) is 0.533. The number of anilines is 1. The molecule has 0 aliphatic heterocycles. The van der Waals surface area contributed by atoms with E-state index in [9.17, 15) is 4.79 Å². The molecule has 1 aliphatic carbocycles. The minimum atomic E-state index is -0.0510. The Morgan fingerprint density at radius 2 is 2.05 bits per heavy atom. The normalized spacial score (nSPS) is 14.4. The van der Waals surface area contributed by atoms with Gasteiger partial charge in [0.25, 0.3) is 5.91 Å². The number of amides is 1. The van der Waals surface area contributed by atoms with Crippen molar-refractivity contribution >= 4 is 11.6 Å². The zero-order chi connectivity index (χ0) is 14.7. The van der Waals surface area contributed by atoms with E-state index in [-0.39, 0.29) is 5.91 Å². The Morgan fingerprint density at radius 3 is 2.65 bits per heavy atom. The SMILES string of the molecule is CN(C)C(=O)c1ccc(N)c(OCCN(C)C2CC2)c1. The van der Waals surface area contributed by atoms with Crippen LogP contribution in [0.25, 0.3) is 0 Å². The highest BCUT2D eigenvalue weighted by Crippen LogP contribution is 2.26. The summed E-state index contributed by atoms with van der Waals surface area (Å²) in [6.07, 6.45) is 2.57. The summed E-state index contributed by atoms with van der Waals surface area (Å²) in [5.74, 6) is 0.534. The predicted molar refractivity (Wildman–Crippen MR) is 80.0 cm³/mol. The number of likely N-dealkylation sites (N-methyl/N-ethyl adjacent to an activating group) is 1. The fourth-order valence-electron chi connectivity index (χ4n) is 2.05. The minimum absolute atomic E-state index is 0.0510. The van der Waals surface area contributed by atoms with Crippen molar-refractivity contribution in [2.75, 3.05) is 40.0 Å². The van der Waals surface area contributed by atoms with Gasteiger partial charge in [0.2, 0.25) is 0 Å². The second kappa shape index (κ2) is 6.13. The molecule has 5 heteroatoms. The maximum atomic E-state index is 11.9. The molecule has 1 aromatic rings. The Bertz CT molecular complexity index is 484. The van der Waals surface area contributed by atoms with Gasteiger partial charge in [-0.2, -0.15) is 0 Å². The summed E-state index contributed by atoms with van der Waals surface area (Å²) in [6.45, 7) is 1.45. The van der Waals surface area contributed by atoms with E-state index in [1.165, 1.54) is 17.7 Å². The van der Waals surface area contributed by atoms with Crippen molar-refractivity contribution in [3.8, 4) is 5.75 Å². The Balaban J connectivity index is 1.95. The smallest absolute Gasteiger partial charge is 0.253 e. The lowest BCUT2D eigenvalue weighted by molar-refractivity contribution is 0.0827. The number of carbonyl (C=O) groups excluding carboxylic acids is 1. The van der Waals surface area contributed by atoms with Gasteiger partial charge in [-0.05, 0) is 38.1 Å². The van der Waals surface area contributed by atoms with Crippen LogP contribution in [0, 0.1) is 0 Å². The maximum Gasteiger partial charge on any atom is 0.253 e. The molecular weight excluding hydrogens is 254 g/mol. The van der Waals surface area contributed by atoms with Crippen LogP contribution in [-0.2, 0) is 0 Å². The summed E-state index contributed by atoms with van der Waals surface area (Å²) in [7, 11) is 5.56. The fourth-order valence-corrected chi connectivity index (χ4v) is 2.05. The first-order chi connectivity index (χ1) is 9.49. The number of benzene rings is 1. The van der Waals surface area contributed by atoms with Crippen LogP contribution in [0.1, 0.15) is 23.2 Å². The summed E-state index contributed by atoms with van der Waals surface area (Å²) in [5, 5.41) is 0. The van der Waals surface area contributed by atoms with Gasteiger partial charge in [0.15, 0.2) is 0 Å². The molecule has 1 saturated carbocycles. The molecule has 2 N–H and O–H groups in total. The van der Waals surface area contributed by atoms with E-state index in [4.69, 9.17) is 10.5 Å². The van der Waals surface area contributed by atoms with Crippen LogP contribution >= 0.6 is 0 Å². The molecule has 0 saturated heterocycles. The van der Waals surface area contributed by atoms with Crippen LogP contribution in [0.5, 0.6) is 5.75 Å². The second-order valence-corrected chi connectivity index (χ2v) is 5.51. The predicted octanol–water partition coefficient (Wildman–Crippen LogP) is 1.44. The molecular formula is C15H23N3O2. The molecule has 0 bridgehead atoms. The third-order valence-corrected chi connectivity index (χ3v) is 3.54. The number of hydrogen-bond acceptors (Lipinski definition) is 4. The van der Waals surface area contributed by atoms with Crippen molar-refractivity contribution in [1.29, 1.82) is 0 Å². The van der Waals surface area contributed by atoms with Gasteiger partial charge < -0.3 is 20.3 Å². The Kier molecular flexibility index (Phi) is 4.49. The standard InChI is InChI=1S/C15H23N3O2/c1-17(2)15(19)11-4-7-13(16)14(10-11)20-9-8-18(3)12-5-6-12/h4,7,10,12H,5-6,8-9,16H2,1-3H3. The van der Waals surface area contributed by atoms with Crippen LogP contribution in [-0.4, -0.2) is 56.0 Å². The number of nitrogens with two attached hydrogens (primary N) is 1. The topological polar surface area (TPSA) is 58.8 Å². The van der Waals surface area contributed by atoms with E-state index in [0.29, 0.717) is 23.6 Å². The summed E-state index contributed by atoms with van der Waals surface area (Å²) in [5.41, 5.74) is 7.05. The number of nitrogen functional groups attached to an aromatic ring is 1. The molecule has 0 unspecified atom stereocenters. The average molecular weight is 277 g/mol. The zero-order valence-electron chi connectivity index (χ0n) is 12.4. The second-order valence-electron chi connectivity index (χ2n) is 5.51. The number of nitrogens with zero attached hydrogens (tertiary/aromatic N) is 2. The molecule has 1 amide bonds. The van der Waals surface area contributed by atoms with E-state index in [2.05, 4.69) is 11.9 Å². The maximum absolute atomic E-state index is 11.9. The molecule has 1 aliphatic rings. The summed E-state index contributed by atoms with van der Waals surface area (Å²) in [6, 6.07) is 5.88. The third kappa shape index (κ3) is 3.63. The Morgan fingerprint density at radius 1 is 1.35 bits per heavy atom. The van der Waals surface area contributed by atoms with Crippen LogP contribution in [0.2, 0.25) is 0 Å². The summed E-state index contributed by atoms with van der Waals surface area (Å²) >= 11 is 0. The number of hydrogen-bond donors (Lipinski definition) is 1. The highest BCUT2D eigenvalue weighted by molar-refractivity contribution is 5.94. The van der Waals surface area contributed by atoms with Crippen LogP contribution in [0.4, 0.5) is 5.69 Å². The number of rotatable bonds is 6. The lowest BCUT2D eigenvalue weighted by Gasteiger charge is -2.17. The van der Waals surface area contributed by atoms with Gasteiger partial charge in [-0.3, -0.25) is 4.79 Å². The Hall–Kier alpha value is -1.75. The minimum Gasteiger partial charge on any atom is -0.490 e. The monoisotopic (exact) mass is 277 g/mol. The van der Waals surface area contributed by atoms with E-state index in [1.54, 1.807) is 32.3 Å². The van der Waals surface area contributed by atoms with Gasteiger partial charge >= 0.3 is 0 Å². The molecule has 5 nitrogen and oxygen atoms in total. The van der Waals surface area contributed by atoms with Crippen molar-refractivity contribution in [2.45, 2.75) is 18.9 Å². The first kappa shape index (κ1) is 14.7. The molecule has 1 aromatic carbocycles. The lowest BCUT2D eigenvalue weighted by atomic mass is 10.1. The molecule has 0 atom stereocenters. The molecule has 20 heavy (non-hydrogen) atoms. The zero-order valence-corrected chi connectivity index (χ0v) is 12.4.